The van der Waals surface area contributed by atoms with Gasteiger partial charge in [0, 0.05) is 6.54 Å². The second kappa shape index (κ2) is 8.21. The van der Waals surface area contributed by atoms with Crippen molar-refractivity contribution in [2.45, 2.75) is 40.3 Å². The molecule has 0 aromatic rings. The van der Waals surface area contributed by atoms with Crippen molar-refractivity contribution in [2.24, 2.45) is 0 Å². The zero-order valence-corrected chi connectivity index (χ0v) is 10.2. The average molecular weight is 202 g/mol. The summed E-state index contributed by atoms with van der Waals surface area (Å²) in [5.41, 5.74) is 0. The Balaban J connectivity index is 4.31. The lowest BCUT2D eigenvalue weighted by atomic mass is 10.2. The molecule has 0 bridgehead atoms. The summed E-state index contributed by atoms with van der Waals surface area (Å²) in [5.74, 6) is 0. The van der Waals surface area contributed by atoms with Gasteiger partial charge in [0.05, 0.1) is 12.8 Å². The molecule has 0 aliphatic carbocycles. The third kappa shape index (κ3) is 3.95. The summed E-state index contributed by atoms with van der Waals surface area (Å²) in [6, 6.07) is 0. The van der Waals surface area contributed by atoms with Crippen LogP contribution in [0.5, 0.6) is 0 Å². The maximum atomic E-state index is 8.98. The second-order valence-electron chi connectivity index (χ2n) is 3.46. The van der Waals surface area contributed by atoms with Gasteiger partial charge in [0.25, 0.3) is 0 Å². The van der Waals surface area contributed by atoms with E-state index < -0.39 is 0 Å². The van der Waals surface area contributed by atoms with E-state index in [1.807, 2.05) is 0 Å². The van der Waals surface area contributed by atoms with Gasteiger partial charge in [-0.25, -0.2) is 0 Å². The van der Waals surface area contributed by atoms with Gasteiger partial charge in [-0.2, -0.15) is 0 Å². The molecule has 1 unspecified atom stereocenters. The zero-order valence-electron chi connectivity index (χ0n) is 10.2. The van der Waals surface area contributed by atoms with Crippen LogP contribution in [0.15, 0.2) is 0 Å². The van der Waals surface area contributed by atoms with E-state index in [2.05, 4.69) is 37.5 Å². The SMILES string of the molecule is CCC(N(CC)CC)N(CC)CCO. The van der Waals surface area contributed by atoms with Crippen molar-refractivity contribution in [3.05, 3.63) is 0 Å². The molecule has 0 radical (unpaired) electrons. The maximum Gasteiger partial charge on any atom is 0.0620 e. The highest BCUT2D eigenvalue weighted by molar-refractivity contribution is 4.69. The molecule has 0 aromatic heterocycles. The molecule has 86 valence electrons. The van der Waals surface area contributed by atoms with E-state index >= 15 is 0 Å². The van der Waals surface area contributed by atoms with Crippen molar-refractivity contribution in [2.75, 3.05) is 32.8 Å². The second-order valence-corrected chi connectivity index (χ2v) is 3.46. The normalized spacial score (nSPS) is 13.9. The Morgan fingerprint density at radius 1 is 0.929 bits per heavy atom. The highest BCUT2D eigenvalue weighted by atomic mass is 16.3. The van der Waals surface area contributed by atoms with Crippen LogP contribution in [0.25, 0.3) is 0 Å². The molecule has 3 heteroatoms. The minimum Gasteiger partial charge on any atom is -0.395 e. The molecular weight excluding hydrogens is 176 g/mol. The third-order valence-electron chi connectivity index (χ3n) is 2.81. The van der Waals surface area contributed by atoms with Gasteiger partial charge >= 0.3 is 0 Å². The van der Waals surface area contributed by atoms with E-state index in [9.17, 15) is 0 Å². The van der Waals surface area contributed by atoms with Crippen molar-refractivity contribution in [3.63, 3.8) is 0 Å². The summed E-state index contributed by atoms with van der Waals surface area (Å²) in [4.78, 5) is 4.78. The summed E-state index contributed by atoms with van der Waals surface area (Å²) < 4.78 is 0. The molecule has 14 heavy (non-hydrogen) atoms. The Kier molecular flexibility index (Phi) is 8.14. The molecule has 0 fully saturated rings. The molecule has 0 aliphatic rings. The fourth-order valence-electron chi connectivity index (χ4n) is 2.04. The van der Waals surface area contributed by atoms with Crippen LogP contribution in [0.2, 0.25) is 0 Å². The number of nitrogens with zero attached hydrogens (tertiary/aromatic N) is 2. The lowest BCUT2D eigenvalue weighted by Gasteiger charge is -2.37. The summed E-state index contributed by atoms with van der Waals surface area (Å²) in [5, 5.41) is 8.98. The predicted octanol–water partition coefficient (Wildman–Crippen LogP) is 1.38. The van der Waals surface area contributed by atoms with Crippen molar-refractivity contribution in [1.82, 2.24) is 9.80 Å². The number of likely N-dealkylation sites (N-methyl/N-ethyl adjacent to an activating group) is 1. The van der Waals surface area contributed by atoms with Gasteiger partial charge in [-0.1, -0.05) is 27.7 Å². The average Bonchev–Trinajstić information content (AvgIpc) is 2.23. The van der Waals surface area contributed by atoms with Crippen molar-refractivity contribution < 1.29 is 5.11 Å². The van der Waals surface area contributed by atoms with Crippen LogP contribution in [0.3, 0.4) is 0 Å². The van der Waals surface area contributed by atoms with Crippen LogP contribution in [0.4, 0.5) is 0 Å². The Labute approximate surface area is 88.7 Å². The summed E-state index contributed by atoms with van der Waals surface area (Å²) in [7, 11) is 0. The van der Waals surface area contributed by atoms with E-state index in [4.69, 9.17) is 5.11 Å². The van der Waals surface area contributed by atoms with Crippen LogP contribution in [-0.4, -0.2) is 53.9 Å². The number of hydrogen-bond acceptors (Lipinski definition) is 3. The lowest BCUT2D eigenvalue weighted by molar-refractivity contribution is 0.0378. The molecule has 1 atom stereocenters. The predicted molar refractivity (Wildman–Crippen MR) is 61.3 cm³/mol. The van der Waals surface area contributed by atoms with Crippen LogP contribution in [0, 0.1) is 0 Å². The van der Waals surface area contributed by atoms with Crippen LogP contribution in [0.1, 0.15) is 34.1 Å². The van der Waals surface area contributed by atoms with Gasteiger partial charge in [-0.05, 0) is 26.1 Å². The highest BCUT2D eigenvalue weighted by Gasteiger charge is 2.19. The molecule has 0 saturated heterocycles. The monoisotopic (exact) mass is 202 g/mol. The van der Waals surface area contributed by atoms with Gasteiger partial charge in [-0.3, -0.25) is 9.80 Å². The molecule has 0 amide bonds. The van der Waals surface area contributed by atoms with E-state index in [1.165, 1.54) is 0 Å². The van der Waals surface area contributed by atoms with E-state index in [-0.39, 0.29) is 6.61 Å². The first-order valence-electron chi connectivity index (χ1n) is 5.83. The fraction of sp³-hybridized carbons (Fsp3) is 1.00. The Morgan fingerprint density at radius 2 is 1.43 bits per heavy atom. The van der Waals surface area contributed by atoms with Gasteiger partial charge in [0.2, 0.25) is 0 Å². The van der Waals surface area contributed by atoms with E-state index in [0.717, 1.165) is 32.6 Å². The first-order chi connectivity index (χ1) is 6.74. The molecule has 0 heterocycles. The molecule has 0 spiro atoms. The molecule has 1 N–H and O–H groups in total. The van der Waals surface area contributed by atoms with Gasteiger partial charge in [0.15, 0.2) is 0 Å². The van der Waals surface area contributed by atoms with Crippen molar-refractivity contribution >= 4 is 0 Å². The summed E-state index contributed by atoms with van der Waals surface area (Å²) in [6.07, 6.45) is 1.61. The quantitative estimate of drug-likeness (QED) is 0.602. The highest BCUT2D eigenvalue weighted by Crippen LogP contribution is 2.09. The maximum absolute atomic E-state index is 8.98. The first kappa shape index (κ1) is 13.9. The number of rotatable bonds is 8. The minimum absolute atomic E-state index is 0.256. The number of aliphatic hydroxyl groups is 1. The van der Waals surface area contributed by atoms with E-state index in [0.29, 0.717) is 6.17 Å². The van der Waals surface area contributed by atoms with Gasteiger partial charge < -0.3 is 5.11 Å². The minimum atomic E-state index is 0.256. The van der Waals surface area contributed by atoms with Crippen molar-refractivity contribution in [1.29, 1.82) is 0 Å². The molecule has 3 nitrogen and oxygen atoms in total. The van der Waals surface area contributed by atoms with Crippen molar-refractivity contribution in [3.8, 4) is 0 Å². The van der Waals surface area contributed by atoms with Gasteiger partial charge in [0.1, 0.15) is 0 Å². The number of aliphatic hydroxyl groups excluding tert-OH is 1. The molecule has 0 aromatic carbocycles. The Bertz CT molecular complexity index is 126. The summed E-state index contributed by atoms with van der Waals surface area (Å²) >= 11 is 0. The Morgan fingerprint density at radius 3 is 1.71 bits per heavy atom. The number of hydrogen-bond donors (Lipinski definition) is 1. The van der Waals surface area contributed by atoms with Gasteiger partial charge in [-0.15, -0.1) is 0 Å². The fourth-order valence-corrected chi connectivity index (χ4v) is 2.04. The van der Waals surface area contributed by atoms with E-state index in [1.54, 1.807) is 0 Å². The van der Waals surface area contributed by atoms with Crippen LogP contribution < -0.4 is 0 Å². The smallest absolute Gasteiger partial charge is 0.0620 e. The van der Waals surface area contributed by atoms with Crippen LogP contribution >= 0.6 is 0 Å². The molecule has 0 aliphatic heterocycles. The van der Waals surface area contributed by atoms with Crippen LogP contribution in [-0.2, 0) is 0 Å². The lowest BCUT2D eigenvalue weighted by Crippen LogP contribution is -2.48. The zero-order chi connectivity index (χ0) is 11.0. The molecule has 0 saturated carbocycles. The standard InChI is InChI=1S/C11H26N2O/c1-5-11(12(6-2)7-3)13(8-4)9-10-14/h11,14H,5-10H2,1-4H3. The largest absolute Gasteiger partial charge is 0.395 e. The topological polar surface area (TPSA) is 26.7 Å². The molecular formula is C11H26N2O. The first-order valence-corrected chi connectivity index (χ1v) is 5.83. The molecule has 0 rings (SSSR count). The Hall–Kier alpha value is -0.120. The third-order valence-corrected chi connectivity index (χ3v) is 2.81. The summed E-state index contributed by atoms with van der Waals surface area (Å²) in [6.45, 7) is 13.0.